The lowest BCUT2D eigenvalue weighted by Crippen LogP contribution is -2.54. The van der Waals surface area contributed by atoms with Crippen LogP contribution < -0.4 is 5.32 Å². The minimum absolute atomic E-state index is 0.0476. The lowest BCUT2D eigenvalue weighted by Gasteiger charge is -2.34. The van der Waals surface area contributed by atoms with E-state index in [9.17, 15) is 19.2 Å². The van der Waals surface area contributed by atoms with Gasteiger partial charge in [0.1, 0.15) is 6.04 Å². The summed E-state index contributed by atoms with van der Waals surface area (Å²) in [6, 6.07) is 22.7. The molecule has 1 aliphatic rings. The molecule has 40 heavy (non-hydrogen) atoms. The fourth-order valence-electron chi connectivity index (χ4n) is 4.79. The molecule has 4 amide bonds. The molecule has 3 aromatic carbocycles. The smallest absolute Gasteiger partial charge is 0.261 e. The Morgan fingerprint density at radius 2 is 1.45 bits per heavy atom. The molecule has 1 aliphatic heterocycles. The second-order valence-electron chi connectivity index (χ2n) is 11.0. The number of carbonyl (C=O) groups is 4. The summed E-state index contributed by atoms with van der Waals surface area (Å²) >= 11 is 6.47. The number of benzene rings is 3. The van der Waals surface area contributed by atoms with E-state index in [1.54, 1.807) is 35.2 Å². The van der Waals surface area contributed by atoms with Crippen LogP contribution in [0.15, 0.2) is 78.9 Å². The van der Waals surface area contributed by atoms with E-state index in [4.69, 9.17) is 11.6 Å². The fraction of sp³-hybridized carbons (Fsp3) is 0.312. The maximum absolute atomic E-state index is 13.8. The van der Waals surface area contributed by atoms with Crippen molar-refractivity contribution in [3.8, 4) is 0 Å². The Bertz CT molecular complexity index is 1370. The number of fused-ring (bicyclic) bond motifs is 1. The number of hydrogen-bond donors (Lipinski definition) is 1. The van der Waals surface area contributed by atoms with Gasteiger partial charge in [0, 0.05) is 36.5 Å². The Labute approximate surface area is 240 Å². The van der Waals surface area contributed by atoms with Gasteiger partial charge in [0.05, 0.1) is 11.1 Å². The zero-order valence-corrected chi connectivity index (χ0v) is 23.8. The van der Waals surface area contributed by atoms with Gasteiger partial charge in [-0.05, 0) is 56.5 Å². The third-order valence-electron chi connectivity index (χ3n) is 6.72. The van der Waals surface area contributed by atoms with Crippen LogP contribution in [0, 0.1) is 0 Å². The second-order valence-corrected chi connectivity index (χ2v) is 11.4. The average molecular weight is 560 g/mol. The van der Waals surface area contributed by atoms with Crippen LogP contribution in [0.25, 0.3) is 0 Å². The number of hydrogen-bond acceptors (Lipinski definition) is 4. The highest BCUT2D eigenvalue weighted by molar-refractivity contribution is 6.31. The van der Waals surface area contributed by atoms with Crippen molar-refractivity contribution in [3.63, 3.8) is 0 Å². The van der Waals surface area contributed by atoms with Crippen molar-refractivity contribution in [2.45, 2.75) is 58.2 Å². The molecule has 0 saturated carbocycles. The zero-order chi connectivity index (χ0) is 28.9. The van der Waals surface area contributed by atoms with Gasteiger partial charge in [0.2, 0.25) is 11.8 Å². The number of halogens is 1. The molecule has 0 radical (unpaired) electrons. The summed E-state index contributed by atoms with van der Waals surface area (Å²) in [5.74, 6) is -1.24. The third kappa shape index (κ3) is 6.96. The zero-order valence-electron chi connectivity index (χ0n) is 23.0. The molecule has 1 N–H and O–H groups in total. The predicted molar refractivity (Wildman–Crippen MR) is 155 cm³/mol. The first-order chi connectivity index (χ1) is 19.0. The Balaban J connectivity index is 1.57. The summed E-state index contributed by atoms with van der Waals surface area (Å²) in [6.07, 6.45) is 0.631. The van der Waals surface area contributed by atoms with E-state index in [1.807, 2.05) is 69.3 Å². The van der Waals surface area contributed by atoms with Gasteiger partial charge in [0.15, 0.2) is 0 Å². The summed E-state index contributed by atoms with van der Waals surface area (Å²) in [5.41, 5.74) is 1.89. The van der Waals surface area contributed by atoms with Gasteiger partial charge >= 0.3 is 0 Å². The highest BCUT2D eigenvalue weighted by atomic mass is 35.5. The number of rotatable bonds is 10. The van der Waals surface area contributed by atoms with E-state index >= 15 is 0 Å². The molecular weight excluding hydrogens is 526 g/mol. The van der Waals surface area contributed by atoms with Crippen LogP contribution >= 0.6 is 11.6 Å². The van der Waals surface area contributed by atoms with E-state index in [0.29, 0.717) is 22.6 Å². The second kappa shape index (κ2) is 12.5. The van der Waals surface area contributed by atoms with Gasteiger partial charge in [-0.3, -0.25) is 24.1 Å². The van der Waals surface area contributed by atoms with E-state index in [2.05, 4.69) is 5.32 Å². The topological polar surface area (TPSA) is 86.8 Å². The third-order valence-corrected chi connectivity index (χ3v) is 7.09. The molecule has 1 unspecified atom stereocenters. The van der Waals surface area contributed by atoms with E-state index in [0.717, 1.165) is 11.1 Å². The van der Waals surface area contributed by atoms with Crippen molar-refractivity contribution in [2.75, 3.05) is 6.54 Å². The van der Waals surface area contributed by atoms with Gasteiger partial charge in [-0.15, -0.1) is 0 Å². The molecule has 0 spiro atoms. The minimum atomic E-state index is -0.801. The summed E-state index contributed by atoms with van der Waals surface area (Å²) < 4.78 is 0. The Kier molecular flexibility index (Phi) is 9.05. The predicted octanol–water partition coefficient (Wildman–Crippen LogP) is 5.27. The maximum atomic E-state index is 13.8. The molecule has 0 saturated heterocycles. The molecule has 8 heteroatoms. The monoisotopic (exact) mass is 559 g/mol. The van der Waals surface area contributed by atoms with Crippen LogP contribution in [0.4, 0.5) is 0 Å². The van der Waals surface area contributed by atoms with E-state index < -0.39 is 11.6 Å². The number of amides is 4. The first-order valence-corrected chi connectivity index (χ1v) is 13.8. The molecule has 4 rings (SSSR count). The van der Waals surface area contributed by atoms with E-state index in [-0.39, 0.29) is 49.6 Å². The van der Waals surface area contributed by atoms with Gasteiger partial charge in [-0.1, -0.05) is 72.3 Å². The normalized spacial score (nSPS) is 13.7. The van der Waals surface area contributed by atoms with Crippen LogP contribution in [0.1, 0.15) is 65.5 Å². The molecule has 1 heterocycles. The number of carbonyl (C=O) groups excluding carboxylic acids is 4. The molecule has 7 nitrogen and oxygen atoms in total. The highest BCUT2D eigenvalue weighted by Gasteiger charge is 2.36. The molecule has 0 fully saturated rings. The summed E-state index contributed by atoms with van der Waals surface area (Å²) in [5, 5.41) is 3.54. The largest absolute Gasteiger partial charge is 0.350 e. The van der Waals surface area contributed by atoms with Crippen molar-refractivity contribution in [3.05, 3.63) is 106 Å². The number of nitrogens with zero attached hydrogens (tertiary/aromatic N) is 2. The number of nitrogens with one attached hydrogen (secondary N) is 1. The van der Waals surface area contributed by atoms with Gasteiger partial charge in [0.25, 0.3) is 11.8 Å². The van der Waals surface area contributed by atoms with Gasteiger partial charge in [-0.2, -0.15) is 0 Å². The Morgan fingerprint density at radius 1 is 0.875 bits per heavy atom. The van der Waals surface area contributed by atoms with Crippen LogP contribution in [0.3, 0.4) is 0 Å². The lowest BCUT2D eigenvalue weighted by atomic mass is 10.00. The van der Waals surface area contributed by atoms with Crippen LogP contribution in [0.5, 0.6) is 0 Å². The first-order valence-electron chi connectivity index (χ1n) is 13.4. The SMILES string of the molecule is CC(C)(C)NC(=O)C(Cc1ccccc1)N(Cc1ccccc1Cl)C(=O)CCCN1C(=O)c2ccccc2C1=O. The minimum Gasteiger partial charge on any atom is -0.350 e. The molecule has 0 bridgehead atoms. The van der Waals surface area contributed by atoms with Gasteiger partial charge in [-0.25, -0.2) is 0 Å². The molecular formula is C32H34ClN3O4. The highest BCUT2D eigenvalue weighted by Crippen LogP contribution is 2.24. The average Bonchev–Trinajstić information content (AvgIpc) is 3.16. The molecule has 1 atom stereocenters. The Hall–Kier alpha value is -3.97. The van der Waals surface area contributed by atoms with E-state index in [1.165, 1.54) is 4.90 Å². The summed E-state index contributed by atoms with van der Waals surface area (Å²) in [4.78, 5) is 55.8. The van der Waals surface area contributed by atoms with Crippen molar-refractivity contribution >= 4 is 35.2 Å². The first kappa shape index (κ1) is 29.0. The van der Waals surface area contributed by atoms with Crippen LogP contribution in [-0.4, -0.2) is 51.6 Å². The lowest BCUT2D eigenvalue weighted by molar-refractivity contribution is -0.142. The maximum Gasteiger partial charge on any atom is 0.261 e. The Morgan fingerprint density at radius 3 is 2.05 bits per heavy atom. The van der Waals surface area contributed by atoms with Crippen LogP contribution in [0.2, 0.25) is 5.02 Å². The van der Waals surface area contributed by atoms with Crippen molar-refractivity contribution in [1.82, 2.24) is 15.1 Å². The van der Waals surface area contributed by atoms with Crippen molar-refractivity contribution in [2.24, 2.45) is 0 Å². The fourth-order valence-corrected chi connectivity index (χ4v) is 4.99. The quantitative estimate of drug-likeness (QED) is 0.343. The molecule has 0 aliphatic carbocycles. The molecule has 0 aromatic heterocycles. The molecule has 208 valence electrons. The van der Waals surface area contributed by atoms with Crippen LogP contribution in [-0.2, 0) is 22.6 Å². The summed E-state index contributed by atoms with van der Waals surface area (Å²) in [6.45, 7) is 5.93. The molecule has 3 aromatic rings. The summed E-state index contributed by atoms with van der Waals surface area (Å²) in [7, 11) is 0. The van der Waals surface area contributed by atoms with Crippen molar-refractivity contribution < 1.29 is 19.2 Å². The number of imide groups is 1. The van der Waals surface area contributed by atoms with Crippen molar-refractivity contribution in [1.29, 1.82) is 0 Å². The van der Waals surface area contributed by atoms with Gasteiger partial charge < -0.3 is 10.2 Å². The standard InChI is InChI=1S/C32H34ClN3O4/c1-32(2,3)34-29(38)27(20-22-12-5-4-6-13-22)36(21-23-14-7-10-17-26(23)33)28(37)18-11-19-35-30(39)24-15-8-9-16-25(24)31(35)40/h4-10,12-17,27H,11,18-21H2,1-3H3,(H,34,38).